The Labute approximate surface area is 97.7 Å². The SMILES string of the molecule is C/C=C(\C=C/NOC)C(=O)NC[C@@H](C)CC. The van der Waals surface area contributed by atoms with Crippen LogP contribution in [0.15, 0.2) is 23.9 Å². The van der Waals surface area contributed by atoms with Crippen LogP contribution in [0.4, 0.5) is 0 Å². The fraction of sp³-hybridized carbons (Fsp3) is 0.583. The molecular formula is C12H22N2O2. The molecule has 0 rings (SSSR count). The molecule has 0 aliphatic carbocycles. The quantitative estimate of drug-likeness (QED) is 0.395. The van der Waals surface area contributed by atoms with E-state index < -0.39 is 0 Å². The molecule has 0 radical (unpaired) electrons. The van der Waals surface area contributed by atoms with Gasteiger partial charge in [-0.3, -0.25) is 15.1 Å². The number of hydroxylamine groups is 1. The maximum Gasteiger partial charge on any atom is 0.251 e. The molecule has 2 N–H and O–H groups in total. The predicted molar refractivity (Wildman–Crippen MR) is 65.5 cm³/mol. The minimum absolute atomic E-state index is 0.0584. The standard InChI is InChI=1S/C12H22N2O2/c1-5-10(3)9-13-12(15)11(6-2)7-8-14-16-4/h6-8,10,14H,5,9H2,1-4H3,(H,13,15)/b8-7-,11-6+/t10-/m0/s1. The van der Waals surface area contributed by atoms with E-state index in [0.717, 1.165) is 6.42 Å². The third-order valence-corrected chi connectivity index (χ3v) is 2.33. The van der Waals surface area contributed by atoms with Crippen LogP contribution in [-0.4, -0.2) is 19.6 Å². The predicted octanol–water partition coefficient (Wildman–Crippen LogP) is 1.76. The summed E-state index contributed by atoms with van der Waals surface area (Å²) in [5.74, 6) is 0.445. The van der Waals surface area contributed by atoms with Gasteiger partial charge in [-0.1, -0.05) is 26.3 Å². The summed E-state index contributed by atoms with van der Waals surface area (Å²) in [7, 11) is 1.52. The molecule has 16 heavy (non-hydrogen) atoms. The van der Waals surface area contributed by atoms with Crippen LogP contribution in [0.1, 0.15) is 27.2 Å². The molecule has 0 spiro atoms. The molecule has 0 aliphatic rings. The summed E-state index contributed by atoms with van der Waals surface area (Å²) in [6, 6.07) is 0. The van der Waals surface area contributed by atoms with Crippen LogP contribution in [0, 0.1) is 5.92 Å². The monoisotopic (exact) mass is 226 g/mol. The number of hydrogen-bond acceptors (Lipinski definition) is 3. The minimum atomic E-state index is -0.0584. The zero-order valence-corrected chi connectivity index (χ0v) is 10.5. The molecular weight excluding hydrogens is 204 g/mol. The Balaban J connectivity index is 4.12. The third kappa shape index (κ3) is 6.24. The fourth-order valence-electron chi connectivity index (χ4n) is 1.01. The van der Waals surface area contributed by atoms with Gasteiger partial charge in [0.25, 0.3) is 5.91 Å². The first-order chi connectivity index (χ1) is 7.65. The van der Waals surface area contributed by atoms with E-state index in [1.165, 1.54) is 7.11 Å². The summed E-state index contributed by atoms with van der Waals surface area (Å²) in [4.78, 5) is 16.3. The van der Waals surface area contributed by atoms with Gasteiger partial charge in [0.2, 0.25) is 0 Å². The van der Waals surface area contributed by atoms with Gasteiger partial charge in [-0.05, 0) is 18.9 Å². The van der Waals surface area contributed by atoms with Gasteiger partial charge in [-0.15, -0.1) is 0 Å². The van der Waals surface area contributed by atoms with E-state index in [0.29, 0.717) is 18.0 Å². The Hall–Kier alpha value is -1.29. The number of carbonyl (C=O) groups is 1. The Morgan fingerprint density at radius 3 is 2.69 bits per heavy atom. The topological polar surface area (TPSA) is 50.4 Å². The number of nitrogens with one attached hydrogen (secondary N) is 2. The van der Waals surface area contributed by atoms with E-state index >= 15 is 0 Å². The first kappa shape index (κ1) is 14.7. The zero-order chi connectivity index (χ0) is 12.4. The molecule has 0 bridgehead atoms. The second-order valence-corrected chi connectivity index (χ2v) is 3.62. The summed E-state index contributed by atoms with van der Waals surface area (Å²) in [5, 5.41) is 2.88. The van der Waals surface area contributed by atoms with Gasteiger partial charge in [0.1, 0.15) is 0 Å². The molecule has 0 fully saturated rings. The molecule has 4 heteroatoms. The minimum Gasteiger partial charge on any atom is -0.352 e. The lowest BCUT2D eigenvalue weighted by Gasteiger charge is -2.10. The van der Waals surface area contributed by atoms with Gasteiger partial charge >= 0.3 is 0 Å². The van der Waals surface area contributed by atoms with Crippen molar-refractivity contribution in [2.24, 2.45) is 5.92 Å². The van der Waals surface area contributed by atoms with Crippen molar-refractivity contribution in [2.75, 3.05) is 13.7 Å². The van der Waals surface area contributed by atoms with Crippen LogP contribution in [-0.2, 0) is 9.63 Å². The Bertz CT molecular complexity index is 260. The third-order valence-electron chi connectivity index (χ3n) is 2.33. The smallest absolute Gasteiger partial charge is 0.251 e. The average molecular weight is 226 g/mol. The van der Waals surface area contributed by atoms with E-state index in [9.17, 15) is 4.79 Å². The number of allylic oxidation sites excluding steroid dienone is 1. The summed E-state index contributed by atoms with van der Waals surface area (Å²) in [6.07, 6.45) is 6.08. The molecule has 0 heterocycles. The lowest BCUT2D eigenvalue weighted by atomic mass is 10.1. The lowest BCUT2D eigenvalue weighted by molar-refractivity contribution is -0.117. The molecule has 92 valence electrons. The molecule has 4 nitrogen and oxygen atoms in total. The van der Waals surface area contributed by atoms with Crippen molar-refractivity contribution in [3.63, 3.8) is 0 Å². The van der Waals surface area contributed by atoms with Crippen molar-refractivity contribution in [3.8, 4) is 0 Å². The molecule has 0 unspecified atom stereocenters. The first-order valence-corrected chi connectivity index (χ1v) is 5.55. The number of amides is 1. The van der Waals surface area contributed by atoms with E-state index in [4.69, 9.17) is 0 Å². The highest BCUT2D eigenvalue weighted by Gasteiger charge is 2.06. The van der Waals surface area contributed by atoms with Crippen molar-refractivity contribution in [1.29, 1.82) is 0 Å². The highest BCUT2D eigenvalue weighted by atomic mass is 16.6. The molecule has 0 aromatic carbocycles. The van der Waals surface area contributed by atoms with Crippen molar-refractivity contribution >= 4 is 5.91 Å². The van der Waals surface area contributed by atoms with E-state index in [-0.39, 0.29) is 5.91 Å². The summed E-state index contributed by atoms with van der Waals surface area (Å²) < 4.78 is 0. The van der Waals surface area contributed by atoms with Crippen LogP contribution in [0.3, 0.4) is 0 Å². The maximum absolute atomic E-state index is 11.7. The lowest BCUT2D eigenvalue weighted by Crippen LogP contribution is -2.28. The second-order valence-electron chi connectivity index (χ2n) is 3.62. The van der Waals surface area contributed by atoms with Crippen LogP contribution in [0.25, 0.3) is 0 Å². The van der Waals surface area contributed by atoms with E-state index in [2.05, 4.69) is 29.5 Å². The van der Waals surface area contributed by atoms with Gasteiger partial charge < -0.3 is 5.32 Å². The van der Waals surface area contributed by atoms with E-state index in [1.54, 1.807) is 18.4 Å². The van der Waals surface area contributed by atoms with Gasteiger partial charge in [-0.2, -0.15) is 0 Å². The van der Waals surface area contributed by atoms with Gasteiger partial charge in [0.15, 0.2) is 0 Å². The Morgan fingerprint density at radius 1 is 1.50 bits per heavy atom. The largest absolute Gasteiger partial charge is 0.352 e. The number of rotatable bonds is 7. The van der Waals surface area contributed by atoms with Crippen LogP contribution < -0.4 is 10.8 Å². The van der Waals surface area contributed by atoms with Gasteiger partial charge in [-0.25, -0.2) is 0 Å². The molecule has 0 aromatic rings. The van der Waals surface area contributed by atoms with Gasteiger partial charge in [0, 0.05) is 18.3 Å². The summed E-state index contributed by atoms with van der Waals surface area (Å²) in [6.45, 7) is 6.75. The number of hydrogen-bond donors (Lipinski definition) is 2. The average Bonchev–Trinajstić information content (AvgIpc) is 2.31. The molecule has 0 saturated carbocycles. The van der Waals surface area contributed by atoms with Crippen molar-refractivity contribution < 1.29 is 9.63 Å². The molecule has 1 atom stereocenters. The van der Waals surface area contributed by atoms with Crippen LogP contribution in [0.2, 0.25) is 0 Å². The molecule has 0 aliphatic heterocycles. The van der Waals surface area contributed by atoms with Crippen molar-refractivity contribution in [3.05, 3.63) is 23.9 Å². The Kier molecular flexibility index (Phi) is 8.25. The van der Waals surface area contributed by atoms with Crippen LogP contribution >= 0.6 is 0 Å². The number of carbonyl (C=O) groups excluding carboxylic acids is 1. The van der Waals surface area contributed by atoms with Crippen molar-refractivity contribution in [1.82, 2.24) is 10.8 Å². The fourth-order valence-corrected chi connectivity index (χ4v) is 1.01. The van der Waals surface area contributed by atoms with E-state index in [1.807, 2.05) is 6.92 Å². The molecule has 0 aromatic heterocycles. The second kappa shape index (κ2) is 8.97. The maximum atomic E-state index is 11.7. The van der Waals surface area contributed by atoms with Crippen LogP contribution in [0.5, 0.6) is 0 Å². The zero-order valence-electron chi connectivity index (χ0n) is 10.5. The summed E-state index contributed by atoms with van der Waals surface area (Å²) >= 11 is 0. The highest BCUT2D eigenvalue weighted by molar-refractivity contribution is 5.95. The first-order valence-electron chi connectivity index (χ1n) is 5.55. The van der Waals surface area contributed by atoms with Crippen molar-refractivity contribution in [2.45, 2.75) is 27.2 Å². The van der Waals surface area contributed by atoms with Gasteiger partial charge in [0.05, 0.1) is 7.11 Å². The molecule has 1 amide bonds. The molecule has 0 saturated heterocycles. The highest BCUT2D eigenvalue weighted by Crippen LogP contribution is 2.00. The summed E-state index contributed by atoms with van der Waals surface area (Å²) in [5.41, 5.74) is 3.16. The normalized spacial score (nSPS) is 13.9. The Morgan fingerprint density at radius 2 is 2.19 bits per heavy atom.